The number of carboxylic acids is 1. The predicted molar refractivity (Wildman–Crippen MR) is 133 cm³/mol. The molecule has 0 saturated heterocycles. The molecule has 0 atom stereocenters. The molecule has 172 valence electrons. The van der Waals surface area contributed by atoms with E-state index in [9.17, 15) is 14.7 Å². The fourth-order valence-electron chi connectivity index (χ4n) is 3.61. The van der Waals surface area contributed by atoms with Gasteiger partial charge in [-0.15, -0.1) is 0 Å². The van der Waals surface area contributed by atoms with Crippen molar-refractivity contribution in [2.75, 3.05) is 5.32 Å². The minimum Gasteiger partial charge on any atom is -1.00 e. The van der Waals surface area contributed by atoms with Crippen molar-refractivity contribution in [3.05, 3.63) is 102 Å². The SMILES string of the molecule is CC(C)Oc1ccccc1-c1ccc(C(=O)O)c(NC(=O)c2cncc(-c3ccccc3)c2)c1.[H-].[Na+]. The van der Waals surface area contributed by atoms with E-state index in [1.165, 1.54) is 12.3 Å². The van der Waals surface area contributed by atoms with Crippen LogP contribution in [0.25, 0.3) is 22.3 Å². The first-order valence-electron chi connectivity index (χ1n) is 10.9. The van der Waals surface area contributed by atoms with Gasteiger partial charge in [0.25, 0.3) is 5.91 Å². The van der Waals surface area contributed by atoms with Crippen molar-refractivity contribution < 1.29 is 50.4 Å². The largest absolute Gasteiger partial charge is 1.00 e. The molecule has 0 unspecified atom stereocenters. The molecule has 0 aliphatic heterocycles. The Morgan fingerprint density at radius 2 is 1.60 bits per heavy atom. The summed E-state index contributed by atoms with van der Waals surface area (Å²) in [6.45, 7) is 3.88. The predicted octanol–water partition coefficient (Wildman–Crippen LogP) is 3.27. The summed E-state index contributed by atoms with van der Waals surface area (Å²) in [6.07, 6.45) is 3.11. The molecule has 35 heavy (non-hydrogen) atoms. The van der Waals surface area contributed by atoms with Crippen molar-refractivity contribution >= 4 is 17.6 Å². The van der Waals surface area contributed by atoms with E-state index in [-0.39, 0.29) is 48.3 Å². The van der Waals surface area contributed by atoms with E-state index in [2.05, 4.69) is 10.3 Å². The van der Waals surface area contributed by atoms with Crippen LogP contribution in [0.3, 0.4) is 0 Å². The number of nitrogens with one attached hydrogen (secondary N) is 1. The Kier molecular flexibility index (Phi) is 8.82. The monoisotopic (exact) mass is 476 g/mol. The van der Waals surface area contributed by atoms with Crippen molar-refractivity contribution in [3.8, 4) is 28.0 Å². The maximum atomic E-state index is 13.1. The number of pyridine rings is 1. The second-order valence-electron chi connectivity index (χ2n) is 8.01. The zero-order valence-electron chi connectivity index (χ0n) is 20.9. The van der Waals surface area contributed by atoms with Gasteiger partial charge < -0.3 is 16.6 Å². The van der Waals surface area contributed by atoms with Gasteiger partial charge in [-0.1, -0.05) is 54.6 Å². The molecule has 0 bridgehead atoms. The topological polar surface area (TPSA) is 88.5 Å². The molecule has 1 amide bonds. The van der Waals surface area contributed by atoms with Crippen molar-refractivity contribution in [2.24, 2.45) is 0 Å². The van der Waals surface area contributed by atoms with Crippen molar-refractivity contribution in [2.45, 2.75) is 20.0 Å². The van der Waals surface area contributed by atoms with E-state index in [1.54, 1.807) is 24.4 Å². The zero-order valence-corrected chi connectivity index (χ0v) is 21.9. The first-order valence-corrected chi connectivity index (χ1v) is 10.9. The number of hydrogen-bond acceptors (Lipinski definition) is 4. The van der Waals surface area contributed by atoms with Gasteiger partial charge in [0.1, 0.15) is 5.75 Å². The molecule has 4 aromatic rings. The number of aromatic nitrogens is 1. The average Bonchev–Trinajstić information content (AvgIpc) is 2.84. The molecule has 0 aliphatic carbocycles. The van der Waals surface area contributed by atoms with Crippen LogP contribution >= 0.6 is 0 Å². The van der Waals surface area contributed by atoms with Gasteiger partial charge in [-0.2, -0.15) is 0 Å². The Morgan fingerprint density at radius 3 is 2.31 bits per heavy atom. The molecular formula is C28H25N2NaO4. The van der Waals surface area contributed by atoms with Gasteiger partial charge >= 0.3 is 35.5 Å². The number of para-hydroxylation sites is 1. The molecule has 0 spiro atoms. The van der Waals surface area contributed by atoms with Crippen LogP contribution < -0.4 is 39.6 Å². The normalized spacial score (nSPS) is 10.4. The molecule has 1 heterocycles. The molecular weight excluding hydrogens is 451 g/mol. The van der Waals surface area contributed by atoms with Crippen LogP contribution in [0.5, 0.6) is 5.75 Å². The molecule has 0 aliphatic rings. The minimum atomic E-state index is -1.13. The summed E-state index contributed by atoms with van der Waals surface area (Å²) in [7, 11) is 0. The smallest absolute Gasteiger partial charge is 1.00 e. The van der Waals surface area contributed by atoms with Gasteiger partial charge in [-0.05, 0) is 49.2 Å². The van der Waals surface area contributed by atoms with Crippen LogP contribution in [-0.2, 0) is 0 Å². The summed E-state index contributed by atoms with van der Waals surface area (Å²) in [4.78, 5) is 29.1. The van der Waals surface area contributed by atoms with Crippen LogP contribution in [0.2, 0.25) is 0 Å². The molecule has 1 aromatic heterocycles. The summed E-state index contributed by atoms with van der Waals surface area (Å²) in [5, 5.41) is 12.4. The molecule has 0 radical (unpaired) electrons. The summed E-state index contributed by atoms with van der Waals surface area (Å²) >= 11 is 0. The number of ether oxygens (including phenoxy) is 1. The van der Waals surface area contributed by atoms with Crippen LogP contribution in [0.15, 0.2) is 91.3 Å². The summed E-state index contributed by atoms with van der Waals surface area (Å²) in [5.41, 5.74) is 3.77. The molecule has 6 nitrogen and oxygen atoms in total. The molecule has 4 rings (SSSR count). The number of rotatable bonds is 7. The van der Waals surface area contributed by atoms with Crippen LogP contribution in [0.1, 0.15) is 36.0 Å². The van der Waals surface area contributed by atoms with Crippen LogP contribution in [0, 0.1) is 0 Å². The van der Waals surface area contributed by atoms with Gasteiger partial charge in [0.15, 0.2) is 0 Å². The molecule has 7 heteroatoms. The molecule has 2 N–H and O–H groups in total. The fourth-order valence-corrected chi connectivity index (χ4v) is 3.61. The number of amides is 1. The summed E-state index contributed by atoms with van der Waals surface area (Å²) in [5.74, 6) is -0.904. The quantitative estimate of drug-likeness (QED) is 0.400. The van der Waals surface area contributed by atoms with E-state index in [0.29, 0.717) is 11.3 Å². The number of benzene rings is 3. The number of carbonyl (C=O) groups excluding carboxylic acids is 1. The second-order valence-corrected chi connectivity index (χ2v) is 8.01. The number of aromatic carboxylic acids is 1. The Labute approximate surface area is 227 Å². The van der Waals surface area contributed by atoms with Crippen LogP contribution in [0.4, 0.5) is 5.69 Å². The van der Waals surface area contributed by atoms with Crippen molar-refractivity contribution in [1.29, 1.82) is 0 Å². The van der Waals surface area contributed by atoms with Gasteiger partial charge in [-0.3, -0.25) is 9.78 Å². The Balaban J connectivity index is 0.00000228. The zero-order chi connectivity index (χ0) is 24.1. The third kappa shape index (κ3) is 6.36. The van der Waals surface area contributed by atoms with E-state index in [1.807, 2.05) is 68.4 Å². The number of hydrogen-bond donors (Lipinski definition) is 2. The first kappa shape index (κ1) is 26.2. The Bertz CT molecular complexity index is 1350. The van der Waals surface area contributed by atoms with E-state index < -0.39 is 11.9 Å². The van der Waals surface area contributed by atoms with Crippen molar-refractivity contribution in [1.82, 2.24) is 4.98 Å². The van der Waals surface area contributed by atoms with E-state index in [4.69, 9.17) is 4.74 Å². The Morgan fingerprint density at radius 1 is 0.886 bits per heavy atom. The minimum absolute atomic E-state index is 0. The summed E-state index contributed by atoms with van der Waals surface area (Å²) < 4.78 is 5.91. The fraction of sp³-hybridized carbons (Fsp3) is 0.107. The molecule has 0 saturated carbocycles. The van der Waals surface area contributed by atoms with Crippen molar-refractivity contribution in [3.63, 3.8) is 0 Å². The second kappa shape index (κ2) is 11.8. The van der Waals surface area contributed by atoms with Gasteiger partial charge in [-0.25, -0.2) is 4.79 Å². The van der Waals surface area contributed by atoms with E-state index in [0.717, 1.165) is 22.3 Å². The summed E-state index contributed by atoms with van der Waals surface area (Å²) in [6, 6.07) is 23.7. The molecule has 0 fully saturated rings. The van der Waals surface area contributed by atoms with Gasteiger partial charge in [0.05, 0.1) is 22.9 Å². The third-order valence-electron chi connectivity index (χ3n) is 5.17. The number of carbonyl (C=O) groups is 2. The molecule has 3 aromatic carbocycles. The average molecular weight is 477 g/mol. The van der Waals surface area contributed by atoms with E-state index >= 15 is 0 Å². The van der Waals surface area contributed by atoms with Gasteiger partial charge in [0.2, 0.25) is 0 Å². The van der Waals surface area contributed by atoms with Crippen LogP contribution in [-0.4, -0.2) is 28.1 Å². The number of carboxylic acid groups (broad SMARTS) is 1. The first-order chi connectivity index (χ1) is 16.4. The number of nitrogens with zero attached hydrogens (tertiary/aromatic N) is 1. The van der Waals surface area contributed by atoms with Gasteiger partial charge in [0, 0.05) is 23.5 Å². The maximum absolute atomic E-state index is 13.1. The maximum Gasteiger partial charge on any atom is 1.00 e. The standard InChI is InChI=1S/C28H24N2O4.Na.H/c1-18(2)34-26-11-7-6-10-23(26)20-12-13-24(28(32)33)25(15-20)30-27(31)22-14-21(16-29-17-22)19-8-4-3-5-9-19;;/h3-18H,1-2H3,(H,30,31)(H,32,33);;/q;+1;-1. The third-order valence-corrected chi connectivity index (χ3v) is 5.17. The Hall–Kier alpha value is -3.45. The number of anilines is 1.